The van der Waals surface area contributed by atoms with Crippen LogP contribution in [-0.4, -0.2) is 36.6 Å². The van der Waals surface area contributed by atoms with E-state index in [4.69, 9.17) is 0 Å². The summed E-state index contributed by atoms with van der Waals surface area (Å²) in [6.07, 6.45) is 5.80. The van der Waals surface area contributed by atoms with Gasteiger partial charge in [-0.2, -0.15) is 0 Å². The summed E-state index contributed by atoms with van der Waals surface area (Å²) in [6.45, 7) is 5.62. The van der Waals surface area contributed by atoms with Gasteiger partial charge in [0.1, 0.15) is 5.82 Å². The van der Waals surface area contributed by atoms with Crippen LogP contribution in [0.25, 0.3) is 0 Å². The van der Waals surface area contributed by atoms with Gasteiger partial charge in [-0.25, -0.2) is 4.98 Å². The molecule has 1 fully saturated rings. The molecule has 2 heterocycles. The fourth-order valence-corrected chi connectivity index (χ4v) is 2.61. The Bertz CT molecular complexity index is 387. The topological polar surface area (TPSA) is 28.2 Å². The molecule has 3 nitrogen and oxygen atoms in total. The molecule has 0 amide bonds. The van der Waals surface area contributed by atoms with Crippen LogP contribution in [-0.2, 0) is 0 Å². The SMILES string of the molecule is Cc1cc(NCCC2CCN(C)CC2)ncc1Br. The number of hydrogen-bond donors (Lipinski definition) is 1. The van der Waals surface area contributed by atoms with Gasteiger partial charge in [-0.3, -0.25) is 0 Å². The molecule has 1 aromatic rings. The van der Waals surface area contributed by atoms with E-state index < -0.39 is 0 Å². The van der Waals surface area contributed by atoms with Crippen LogP contribution in [0.4, 0.5) is 5.82 Å². The van der Waals surface area contributed by atoms with E-state index >= 15 is 0 Å². The van der Waals surface area contributed by atoms with Crippen molar-refractivity contribution in [2.24, 2.45) is 5.92 Å². The normalized spacial score (nSPS) is 17.9. The molecule has 4 heteroatoms. The summed E-state index contributed by atoms with van der Waals surface area (Å²) < 4.78 is 1.07. The van der Waals surface area contributed by atoms with E-state index in [-0.39, 0.29) is 0 Å². The first kappa shape index (κ1) is 13.8. The predicted molar refractivity (Wildman–Crippen MR) is 80.0 cm³/mol. The average Bonchev–Trinajstić information content (AvgIpc) is 2.36. The lowest BCUT2D eigenvalue weighted by Gasteiger charge is -2.28. The number of hydrogen-bond acceptors (Lipinski definition) is 3. The van der Waals surface area contributed by atoms with Gasteiger partial charge >= 0.3 is 0 Å². The first-order chi connectivity index (χ1) is 8.65. The van der Waals surface area contributed by atoms with Crippen molar-refractivity contribution < 1.29 is 0 Å². The fourth-order valence-electron chi connectivity index (χ4n) is 2.39. The van der Waals surface area contributed by atoms with E-state index in [0.29, 0.717) is 0 Å². The monoisotopic (exact) mass is 311 g/mol. The van der Waals surface area contributed by atoms with Gasteiger partial charge in [-0.1, -0.05) is 0 Å². The van der Waals surface area contributed by atoms with Crippen molar-refractivity contribution in [2.75, 3.05) is 32.0 Å². The Hall–Kier alpha value is -0.610. The smallest absolute Gasteiger partial charge is 0.126 e. The van der Waals surface area contributed by atoms with Crippen molar-refractivity contribution >= 4 is 21.7 Å². The third kappa shape index (κ3) is 3.95. The maximum absolute atomic E-state index is 4.37. The van der Waals surface area contributed by atoms with Gasteiger partial charge in [0.15, 0.2) is 0 Å². The lowest BCUT2D eigenvalue weighted by Crippen LogP contribution is -2.30. The predicted octanol–water partition coefficient (Wildman–Crippen LogP) is 3.30. The number of aromatic nitrogens is 1. The molecule has 1 saturated heterocycles. The molecule has 0 spiro atoms. The van der Waals surface area contributed by atoms with Crippen molar-refractivity contribution in [3.05, 3.63) is 22.3 Å². The standard InChI is InChI=1S/C14H22BrN3/c1-11-9-14(17-10-13(11)15)16-6-3-12-4-7-18(2)8-5-12/h9-10,12H,3-8H2,1-2H3,(H,16,17). The number of nitrogens with one attached hydrogen (secondary N) is 1. The van der Waals surface area contributed by atoms with Gasteiger partial charge in [-0.05, 0) is 79.8 Å². The highest BCUT2D eigenvalue weighted by Crippen LogP contribution is 2.20. The minimum absolute atomic E-state index is 0.880. The Morgan fingerprint density at radius 3 is 2.83 bits per heavy atom. The summed E-state index contributed by atoms with van der Waals surface area (Å²) in [5, 5.41) is 3.43. The van der Waals surface area contributed by atoms with Crippen LogP contribution in [0.3, 0.4) is 0 Å². The number of likely N-dealkylation sites (tertiary alicyclic amines) is 1. The zero-order valence-corrected chi connectivity index (χ0v) is 12.8. The third-order valence-corrected chi connectivity index (χ3v) is 4.57. The molecule has 18 heavy (non-hydrogen) atoms. The lowest BCUT2D eigenvalue weighted by atomic mass is 9.94. The van der Waals surface area contributed by atoms with E-state index in [0.717, 1.165) is 22.8 Å². The van der Waals surface area contributed by atoms with Crippen LogP contribution in [0.1, 0.15) is 24.8 Å². The van der Waals surface area contributed by atoms with Crippen LogP contribution in [0, 0.1) is 12.8 Å². The Morgan fingerprint density at radius 1 is 1.44 bits per heavy atom. The number of piperidine rings is 1. The van der Waals surface area contributed by atoms with E-state index in [2.05, 4.69) is 51.2 Å². The molecular weight excluding hydrogens is 290 g/mol. The van der Waals surface area contributed by atoms with Crippen LogP contribution in [0.5, 0.6) is 0 Å². The van der Waals surface area contributed by atoms with E-state index in [1.165, 1.54) is 37.9 Å². The molecule has 0 bridgehead atoms. The van der Waals surface area contributed by atoms with E-state index in [1.54, 1.807) is 0 Å². The van der Waals surface area contributed by atoms with Gasteiger partial charge < -0.3 is 10.2 Å². The number of pyridine rings is 1. The van der Waals surface area contributed by atoms with Crippen LogP contribution in [0.2, 0.25) is 0 Å². The van der Waals surface area contributed by atoms with Crippen LogP contribution < -0.4 is 5.32 Å². The van der Waals surface area contributed by atoms with Crippen molar-refractivity contribution in [3.8, 4) is 0 Å². The second-order valence-electron chi connectivity index (χ2n) is 5.28. The molecule has 0 aromatic carbocycles. The molecule has 100 valence electrons. The van der Waals surface area contributed by atoms with Gasteiger partial charge in [0.05, 0.1) is 0 Å². The van der Waals surface area contributed by atoms with E-state index in [1.807, 2.05) is 6.20 Å². The molecule has 1 aliphatic heterocycles. The molecular formula is C14H22BrN3. The second-order valence-corrected chi connectivity index (χ2v) is 6.14. The second kappa shape index (κ2) is 6.53. The van der Waals surface area contributed by atoms with Crippen molar-refractivity contribution in [3.63, 3.8) is 0 Å². The Balaban J connectivity index is 1.73. The maximum Gasteiger partial charge on any atom is 0.126 e. The summed E-state index contributed by atoms with van der Waals surface area (Å²) >= 11 is 3.47. The number of anilines is 1. The largest absolute Gasteiger partial charge is 0.370 e. The van der Waals surface area contributed by atoms with E-state index in [9.17, 15) is 0 Å². The molecule has 2 rings (SSSR count). The Morgan fingerprint density at radius 2 is 2.17 bits per heavy atom. The molecule has 0 aliphatic carbocycles. The summed E-state index contributed by atoms with van der Waals surface area (Å²) in [5.74, 6) is 1.87. The molecule has 1 aliphatic rings. The molecule has 1 aromatic heterocycles. The first-order valence-electron chi connectivity index (χ1n) is 6.69. The van der Waals surface area contributed by atoms with Gasteiger partial charge in [0.25, 0.3) is 0 Å². The highest BCUT2D eigenvalue weighted by atomic mass is 79.9. The highest BCUT2D eigenvalue weighted by Gasteiger charge is 2.15. The average molecular weight is 312 g/mol. The zero-order valence-electron chi connectivity index (χ0n) is 11.2. The zero-order chi connectivity index (χ0) is 13.0. The van der Waals surface area contributed by atoms with Gasteiger partial charge in [0, 0.05) is 17.2 Å². The van der Waals surface area contributed by atoms with Crippen LogP contribution in [0.15, 0.2) is 16.7 Å². The maximum atomic E-state index is 4.37. The lowest BCUT2D eigenvalue weighted by molar-refractivity contribution is 0.215. The molecule has 0 unspecified atom stereocenters. The van der Waals surface area contributed by atoms with Gasteiger partial charge in [-0.15, -0.1) is 0 Å². The van der Waals surface area contributed by atoms with Crippen molar-refractivity contribution in [1.29, 1.82) is 0 Å². The minimum Gasteiger partial charge on any atom is -0.370 e. The Labute approximate surface area is 118 Å². The number of nitrogens with zero attached hydrogens (tertiary/aromatic N) is 2. The summed E-state index contributed by atoms with van der Waals surface area (Å²) in [6, 6.07) is 2.10. The quantitative estimate of drug-likeness (QED) is 0.924. The Kier molecular flexibility index (Phi) is 5.01. The molecule has 0 saturated carbocycles. The fraction of sp³-hybridized carbons (Fsp3) is 0.643. The number of aryl methyl sites for hydroxylation is 1. The molecule has 0 radical (unpaired) electrons. The number of halogens is 1. The minimum atomic E-state index is 0.880. The molecule has 0 atom stereocenters. The third-order valence-electron chi connectivity index (χ3n) is 3.74. The summed E-state index contributed by atoms with van der Waals surface area (Å²) in [7, 11) is 2.21. The van der Waals surface area contributed by atoms with Crippen molar-refractivity contribution in [1.82, 2.24) is 9.88 Å². The van der Waals surface area contributed by atoms with Crippen molar-refractivity contribution in [2.45, 2.75) is 26.2 Å². The summed E-state index contributed by atoms with van der Waals surface area (Å²) in [5.41, 5.74) is 1.23. The highest BCUT2D eigenvalue weighted by molar-refractivity contribution is 9.10. The van der Waals surface area contributed by atoms with Crippen LogP contribution >= 0.6 is 15.9 Å². The summed E-state index contributed by atoms with van der Waals surface area (Å²) in [4.78, 5) is 6.79. The first-order valence-corrected chi connectivity index (χ1v) is 7.49. The van der Waals surface area contributed by atoms with Gasteiger partial charge in [0.2, 0.25) is 0 Å². The number of rotatable bonds is 4. The molecule has 1 N–H and O–H groups in total.